The van der Waals surface area contributed by atoms with Gasteiger partial charge in [-0.1, -0.05) is 0 Å². The Bertz CT molecular complexity index is 460. The van der Waals surface area contributed by atoms with Gasteiger partial charge in [0.1, 0.15) is 0 Å². The molecule has 0 spiro atoms. The van der Waals surface area contributed by atoms with E-state index in [4.69, 9.17) is 5.11 Å². The smallest absolute Gasteiger partial charge is 0.323 e. The summed E-state index contributed by atoms with van der Waals surface area (Å²) < 4.78 is 26.1. The third-order valence-corrected chi connectivity index (χ3v) is 6.72. The first-order valence-electron chi connectivity index (χ1n) is 6.14. The molecule has 0 amide bonds. The van der Waals surface area contributed by atoms with Crippen LogP contribution in [0.2, 0.25) is 0 Å². The van der Waals surface area contributed by atoms with Crippen molar-refractivity contribution in [3.05, 3.63) is 0 Å². The second kappa shape index (κ2) is 4.18. The molecule has 0 bridgehead atoms. The third kappa shape index (κ3) is 1.85. The number of sulfonamides is 1. The van der Waals surface area contributed by atoms with E-state index in [1.807, 2.05) is 13.8 Å². The minimum Gasteiger partial charge on any atom is -0.480 e. The van der Waals surface area contributed by atoms with E-state index in [9.17, 15) is 13.2 Å². The van der Waals surface area contributed by atoms with Gasteiger partial charge in [-0.25, -0.2) is 8.42 Å². The second-order valence-electron chi connectivity index (χ2n) is 5.73. The van der Waals surface area contributed by atoms with Crippen molar-refractivity contribution >= 4 is 16.0 Å². The van der Waals surface area contributed by atoms with Crippen molar-refractivity contribution in [2.24, 2.45) is 11.8 Å². The molecule has 18 heavy (non-hydrogen) atoms. The summed E-state index contributed by atoms with van der Waals surface area (Å²) in [7, 11) is -3.78. The fourth-order valence-electron chi connectivity index (χ4n) is 3.13. The number of hydrogen-bond donors (Lipinski definition) is 2. The summed E-state index contributed by atoms with van der Waals surface area (Å²) in [6, 6.07) is 0. The summed E-state index contributed by atoms with van der Waals surface area (Å²) in [5.74, 6) is -0.745. The molecule has 2 heterocycles. The Morgan fingerprint density at radius 3 is 2.56 bits per heavy atom. The van der Waals surface area contributed by atoms with E-state index >= 15 is 0 Å². The van der Waals surface area contributed by atoms with Gasteiger partial charge in [0.2, 0.25) is 10.0 Å². The number of carboxylic acid groups (broad SMARTS) is 1. The van der Waals surface area contributed by atoms with Crippen LogP contribution in [0.1, 0.15) is 20.8 Å². The monoisotopic (exact) mass is 276 g/mol. The minimum absolute atomic E-state index is 0.258. The highest BCUT2D eigenvalue weighted by Crippen LogP contribution is 2.42. The van der Waals surface area contributed by atoms with Crippen molar-refractivity contribution in [1.82, 2.24) is 9.62 Å². The largest absolute Gasteiger partial charge is 0.480 e. The SMILES string of the molecule is CC(C(=O)O)S(=O)(=O)N1CC2CNCC2C1(C)C. The molecule has 2 fully saturated rings. The Hall–Kier alpha value is -0.660. The summed E-state index contributed by atoms with van der Waals surface area (Å²) in [4.78, 5) is 10.9. The molecule has 0 radical (unpaired) electrons. The molecule has 0 saturated carbocycles. The number of hydrogen-bond acceptors (Lipinski definition) is 4. The fraction of sp³-hybridized carbons (Fsp3) is 0.909. The van der Waals surface area contributed by atoms with Crippen LogP contribution in [-0.4, -0.2) is 54.2 Å². The lowest BCUT2D eigenvalue weighted by Gasteiger charge is -2.35. The van der Waals surface area contributed by atoms with Gasteiger partial charge in [0.15, 0.2) is 5.25 Å². The van der Waals surface area contributed by atoms with Gasteiger partial charge in [-0.3, -0.25) is 4.79 Å². The Morgan fingerprint density at radius 1 is 1.44 bits per heavy atom. The van der Waals surface area contributed by atoms with E-state index in [1.165, 1.54) is 11.2 Å². The van der Waals surface area contributed by atoms with Crippen LogP contribution in [0.4, 0.5) is 0 Å². The highest BCUT2D eigenvalue weighted by Gasteiger charge is 2.55. The summed E-state index contributed by atoms with van der Waals surface area (Å²) in [6.07, 6.45) is 0. The molecule has 2 aliphatic rings. The van der Waals surface area contributed by atoms with Gasteiger partial charge in [0.25, 0.3) is 0 Å². The molecule has 2 rings (SSSR count). The van der Waals surface area contributed by atoms with Crippen LogP contribution in [0.15, 0.2) is 0 Å². The van der Waals surface area contributed by atoms with Gasteiger partial charge in [0.05, 0.1) is 0 Å². The van der Waals surface area contributed by atoms with Crippen molar-refractivity contribution < 1.29 is 18.3 Å². The molecule has 2 saturated heterocycles. The number of carboxylic acids is 1. The highest BCUT2D eigenvalue weighted by atomic mass is 32.2. The van der Waals surface area contributed by atoms with Crippen molar-refractivity contribution in [3.63, 3.8) is 0 Å². The van der Waals surface area contributed by atoms with Gasteiger partial charge in [-0.05, 0) is 39.2 Å². The summed E-state index contributed by atoms with van der Waals surface area (Å²) in [5.41, 5.74) is -0.517. The van der Waals surface area contributed by atoms with Crippen molar-refractivity contribution in [1.29, 1.82) is 0 Å². The first kappa shape index (κ1) is 13.8. The van der Waals surface area contributed by atoms with Gasteiger partial charge in [-0.15, -0.1) is 0 Å². The van der Waals surface area contributed by atoms with E-state index in [0.717, 1.165) is 13.1 Å². The number of fused-ring (bicyclic) bond motifs is 1. The standard InChI is InChI=1S/C11H20N2O4S/c1-7(10(14)15)18(16,17)13-6-8-4-12-5-9(8)11(13,2)3/h7-9,12H,4-6H2,1-3H3,(H,14,15). The van der Waals surface area contributed by atoms with E-state index in [-0.39, 0.29) is 11.8 Å². The van der Waals surface area contributed by atoms with Crippen LogP contribution in [0.3, 0.4) is 0 Å². The molecule has 3 atom stereocenters. The molecule has 6 nitrogen and oxygen atoms in total. The molecular formula is C11H20N2O4S. The minimum atomic E-state index is -3.78. The second-order valence-corrected chi connectivity index (χ2v) is 7.91. The van der Waals surface area contributed by atoms with Crippen molar-refractivity contribution in [3.8, 4) is 0 Å². The number of aliphatic carboxylic acids is 1. The highest BCUT2D eigenvalue weighted by molar-refractivity contribution is 7.90. The maximum absolute atomic E-state index is 12.3. The quantitative estimate of drug-likeness (QED) is 0.740. The Morgan fingerprint density at radius 2 is 2.06 bits per heavy atom. The van der Waals surface area contributed by atoms with Crippen LogP contribution >= 0.6 is 0 Å². The number of carbonyl (C=O) groups is 1. The van der Waals surface area contributed by atoms with Crippen LogP contribution in [0, 0.1) is 11.8 Å². The Balaban J connectivity index is 2.32. The predicted octanol–water partition coefficient (Wildman–Crippen LogP) is -0.281. The lowest BCUT2D eigenvalue weighted by Crippen LogP contribution is -2.51. The van der Waals surface area contributed by atoms with Gasteiger partial charge < -0.3 is 10.4 Å². The number of rotatable bonds is 3. The molecule has 0 aromatic rings. The summed E-state index contributed by atoms with van der Waals surface area (Å²) >= 11 is 0. The molecule has 0 aromatic heterocycles. The Kier molecular flexibility index (Phi) is 3.19. The van der Waals surface area contributed by atoms with Gasteiger partial charge in [0, 0.05) is 18.6 Å². The number of nitrogens with one attached hydrogen (secondary N) is 1. The maximum Gasteiger partial charge on any atom is 0.323 e. The number of nitrogens with zero attached hydrogens (tertiary/aromatic N) is 1. The van der Waals surface area contributed by atoms with Crippen molar-refractivity contribution in [2.45, 2.75) is 31.6 Å². The fourth-order valence-corrected chi connectivity index (χ4v) is 4.96. The van der Waals surface area contributed by atoms with E-state index in [1.54, 1.807) is 0 Å². The zero-order valence-electron chi connectivity index (χ0n) is 10.9. The molecule has 2 N–H and O–H groups in total. The Labute approximate surface area is 107 Å². The molecule has 104 valence electrons. The average molecular weight is 276 g/mol. The third-order valence-electron chi connectivity index (χ3n) is 4.39. The zero-order chi connectivity index (χ0) is 13.7. The van der Waals surface area contributed by atoms with Crippen LogP contribution in [0.5, 0.6) is 0 Å². The normalized spacial score (nSPS) is 33.3. The first-order chi connectivity index (χ1) is 8.19. The van der Waals surface area contributed by atoms with Crippen molar-refractivity contribution in [2.75, 3.05) is 19.6 Å². The van der Waals surface area contributed by atoms with Crippen LogP contribution < -0.4 is 5.32 Å². The summed E-state index contributed by atoms with van der Waals surface area (Å²) in [6.45, 7) is 7.03. The lowest BCUT2D eigenvalue weighted by molar-refractivity contribution is -0.136. The predicted molar refractivity (Wildman–Crippen MR) is 66.7 cm³/mol. The average Bonchev–Trinajstić information content (AvgIpc) is 2.80. The molecule has 0 aliphatic carbocycles. The topological polar surface area (TPSA) is 86.7 Å². The van der Waals surface area contributed by atoms with Crippen LogP contribution in [-0.2, 0) is 14.8 Å². The molecule has 2 aliphatic heterocycles. The van der Waals surface area contributed by atoms with Gasteiger partial charge in [-0.2, -0.15) is 4.31 Å². The molecular weight excluding hydrogens is 256 g/mol. The van der Waals surface area contributed by atoms with Crippen LogP contribution in [0.25, 0.3) is 0 Å². The molecule has 0 aromatic carbocycles. The summed E-state index contributed by atoms with van der Waals surface area (Å²) in [5, 5.41) is 10.8. The van der Waals surface area contributed by atoms with Gasteiger partial charge >= 0.3 is 5.97 Å². The molecule has 3 unspecified atom stereocenters. The zero-order valence-corrected chi connectivity index (χ0v) is 11.7. The van der Waals surface area contributed by atoms with E-state index in [2.05, 4.69) is 5.32 Å². The van der Waals surface area contributed by atoms with E-state index < -0.39 is 26.8 Å². The lowest BCUT2D eigenvalue weighted by atomic mass is 9.85. The molecule has 7 heteroatoms. The van der Waals surface area contributed by atoms with E-state index in [0.29, 0.717) is 6.54 Å². The maximum atomic E-state index is 12.3. The first-order valence-corrected chi connectivity index (χ1v) is 7.64.